The van der Waals surface area contributed by atoms with E-state index in [1.165, 1.54) is 6.92 Å². The van der Waals surface area contributed by atoms with Gasteiger partial charge < -0.3 is 19.3 Å². The number of carbonyl (C=O) groups excluding carboxylic acids is 2. The molecular weight excluding hydrogens is 328 g/mol. The SMILES string of the molecule is C[C@H](NC(=O)OC(C)(C)C)C(=O)OCc1nc(-c2cccnc2)no1. The summed E-state index contributed by atoms with van der Waals surface area (Å²) in [4.78, 5) is 31.6. The minimum Gasteiger partial charge on any atom is -0.454 e. The number of hydrogen-bond donors (Lipinski definition) is 1. The molecule has 9 heteroatoms. The highest BCUT2D eigenvalue weighted by atomic mass is 16.6. The summed E-state index contributed by atoms with van der Waals surface area (Å²) in [7, 11) is 0. The van der Waals surface area contributed by atoms with Crippen molar-refractivity contribution in [3.05, 3.63) is 30.4 Å². The number of amides is 1. The van der Waals surface area contributed by atoms with E-state index in [1.54, 1.807) is 45.3 Å². The van der Waals surface area contributed by atoms with Crippen molar-refractivity contribution in [3.8, 4) is 11.4 Å². The normalized spacial score (nSPS) is 12.3. The highest BCUT2D eigenvalue weighted by Gasteiger charge is 2.22. The van der Waals surface area contributed by atoms with Crippen LogP contribution < -0.4 is 5.32 Å². The first-order valence-electron chi connectivity index (χ1n) is 7.64. The third kappa shape index (κ3) is 5.87. The Balaban J connectivity index is 1.84. The monoisotopic (exact) mass is 348 g/mol. The largest absolute Gasteiger partial charge is 0.454 e. The average molecular weight is 348 g/mol. The second kappa shape index (κ2) is 7.73. The van der Waals surface area contributed by atoms with E-state index in [0.29, 0.717) is 11.4 Å². The molecule has 2 aromatic heterocycles. The molecule has 9 nitrogen and oxygen atoms in total. The van der Waals surface area contributed by atoms with Gasteiger partial charge in [-0.3, -0.25) is 4.98 Å². The summed E-state index contributed by atoms with van der Waals surface area (Å²) in [6.07, 6.45) is 2.52. The maximum atomic E-state index is 11.9. The van der Waals surface area contributed by atoms with Crippen LogP contribution in [0.3, 0.4) is 0 Å². The number of alkyl carbamates (subject to hydrolysis) is 1. The molecular formula is C16H20N4O5. The number of aromatic nitrogens is 3. The third-order valence-corrected chi connectivity index (χ3v) is 2.81. The second-order valence-electron chi connectivity index (χ2n) is 6.23. The summed E-state index contributed by atoms with van der Waals surface area (Å²) in [5, 5.41) is 6.18. The van der Waals surface area contributed by atoms with Gasteiger partial charge in [0.25, 0.3) is 5.89 Å². The van der Waals surface area contributed by atoms with Gasteiger partial charge in [0.05, 0.1) is 0 Å². The zero-order valence-electron chi connectivity index (χ0n) is 14.5. The second-order valence-corrected chi connectivity index (χ2v) is 6.23. The topological polar surface area (TPSA) is 116 Å². The molecule has 1 atom stereocenters. The van der Waals surface area contributed by atoms with Gasteiger partial charge in [-0.15, -0.1) is 0 Å². The standard InChI is InChI=1S/C16H20N4O5/c1-10(18-15(22)24-16(2,3)4)14(21)23-9-12-19-13(20-25-12)11-6-5-7-17-8-11/h5-8,10H,9H2,1-4H3,(H,18,22)/t10-/m0/s1. The summed E-state index contributed by atoms with van der Waals surface area (Å²) in [6.45, 7) is 6.47. The molecule has 0 aliphatic carbocycles. The number of nitrogens with one attached hydrogen (secondary N) is 1. The van der Waals surface area contributed by atoms with Gasteiger partial charge in [-0.05, 0) is 39.8 Å². The van der Waals surface area contributed by atoms with E-state index in [9.17, 15) is 9.59 Å². The van der Waals surface area contributed by atoms with Crippen molar-refractivity contribution < 1.29 is 23.6 Å². The van der Waals surface area contributed by atoms with Crippen molar-refractivity contribution in [2.75, 3.05) is 0 Å². The highest BCUT2D eigenvalue weighted by Crippen LogP contribution is 2.14. The summed E-state index contributed by atoms with van der Waals surface area (Å²) in [5.74, 6) is -0.164. The molecule has 0 unspecified atom stereocenters. The number of pyridine rings is 1. The fraction of sp³-hybridized carbons (Fsp3) is 0.438. The molecule has 134 valence electrons. The van der Waals surface area contributed by atoms with E-state index in [1.807, 2.05) is 0 Å². The lowest BCUT2D eigenvalue weighted by atomic mass is 10.2. The Morgan fingerprint density at radius 2 is 2.12 bits per heavy atom. The minimum absolute atomic E-state index is 0.136. The summed E-state index contributed by atoms with van der Waals surface area (Å²) >= 11 is 0. The third-order valence-electron chi connectivity index (χ3n) is 2.81. The first-order valence-corrected chi connectivity index (χ1v) is 7.64. The molecule has 0 bridgehead atoms. The molecule has 0 aliphatic heterocycles. The van der Waals surface area contributed by atoms with Crippen LogP contribution >= 0.6 is 0 Å². The Labute approximate surface area is 144 Å². The van der Waals surface area contributed by atoms with Crippen molar-refractivity contribution in [1.82, 2.24) is 20.4 Å². The van der Waals surface area contributed by atoms with Crippen LogP contribution in [0.15, 0.2) is 29.0 Å². The summed E-state index contributed by atoms with van der Waals surface area (Å²) in [6, 6.07) is 2.64. The number of rotatable bonds is 5. The smallest absolute Gasteiger partial charge is 0.408 e. The lowest BCUT2D eigenvalue weighted by Gasteiger charge is -2.21. The van der Waals surface area contributed by atoms with Crippen molar-refractivity contribution in [1.29, 1.82) is 0 Å². The Bertz CT molecular complexity index is 724. The zero-order valence-corrected chi connectivity index (χ0v) is 14.5. The van der Waals surface area contributed by atoms with Crippen molar-refractivity contribution in [2.45, 2.75) is 45.9 Å². The van der Waals surface area contributed by atoms with Crippen molar-refractivity contribution in [3.63, 3.8) is 0 Å². The first-order chi connectivity index (χ1) is 11.7. The number of hydrogen-bond acceptors (Lipinski definition) is 8. The molecule has 0 saturated carbocycles. The fourth-order valence-corrected chi connectivity index (χ4v) is 1.73. The first kappa shape index (κ1) is 18.4. The van der Waals surface area contributed by atoms with Gasteiger partial charge >= 0.3 is 12.1 Å². The molecule has 0 fully saturated rings. The van der Waals surface area contributed by atoms with E-state index in [-0.39, 0.29) is 12.5 Å². The van der Waals surface area contributed by atoms with Crippen molar-refractivity contribution >= 4 is 12.1 Å². The van der Waals surface area contributed by atoms with Crippen LogP contribution in [-0.2, 0) is 20.9 Å². The Morgan fingerprint density at radius 3 is 2.76 bits per heavy atom. The van der Waals surface area contributed by atoms with Crippen LogP contribution in [0, 0.1) is 0 Å². The van der Waals surface area contributed by atoms with E-state index in [4.69, 9.17) is 14.0 Å². The maximum absolute atomic E-state index is 11.9. The fourth-order valence-electron chi connectivity index (χ4n) is 1.73. The van der Waals surface area contributed by atoms with Gasteiger partial charge in [0.1, 0.15) is 11.6 Å². The zero-order chi connectivity index (χ0) is 18.4. The highest BCUT2D eigenvalue weighted by molar-refractivity contribution is 5.80. The predicted molar refractivity (Wildman–Crippen MR) is 86.2 cm³/mol. The van der Waals surface area contributed by atoms with E-state index in [2.05, 4.69) is 20.4 Å². The van der Waals surface area contributed by atoms with Crippen LogP contribution in [0.25, 0.3) is 11.4 Å². The molecule has 0 radical (unpaired) electrons. The van der Waals surface area contributed by atoms with Crippen LogP contribution in [0.2, 0.25) is 0 Å². The molecule has 0 spiro atoms. The van der Waals surface area contributed by atoms with Gasteiger partial charge in [-0.1, -0.05) is 5.16 Å². The van der Waals surface area contributed by atoms with Crippen LogP contribution in [-0.4, -0.2) is 38.8 Å². The average Bonchev–Trinajstić information content (AvgIpc) is 3.00. The van der Waals surface area contributed by atoms with Gasteiger partial charge in [-0.2, -0.15) is 4.98 Å². The lowest BCUT2D eigenvalue weighted by molar-refractivity contribution is -0.147. The van der Waals surface area contributed by atoms with Gasteiger partial charge in [0, 0.05) is 18.0 Å². The molecule has 1 amide bonds. The van der Waals surface area contributed by atoms with Crippen LogP contribution in [0.1, 0.15) is 33.6 Å². The molecule has 0 saturated heterocycles. The van der Waals surface area contributed by atoms with Crippen molar-refractivity contribution in [2.24, 2.45) is 0 Å². The molecule has 0 aromatic carbocycles. The summed E-state index contributed by atoms with van der Waals surface area (Å²) in [5.41, 5.74) is 0.0314. The van der Waals surface area contributed by atoms with Gasteiger partial charge in [0.15, 0.2) is 6.61 Å². The number of esters is 1. The molecule has 2 heterocycles. The lowest BCUT2D eigenvalue weighted by Crippen LogP contribution is -2.42. The predicted octanol–water partition coefficient (Wildman–Crippen LogP) is 2.09. The summed E-state index contributed by atoms with van der Waals surface area (Å²) < 4.78 is 15.1. The maximum Gasteiger partial charge on any atom is 0.408 e. The quantitative estimate of drug-likeness (QED) is 0.816. The van der Waals surface area contributed by atoms with Crippen LogP contribution in [0.5, 0.6) is 0 Å². The molecule has 2 aromatic rings. The van der Waals surface area contributed by atoms with E-state index >= 15 is 0 Å². The molecule has 0 aliphatic rings. The molecule has 2 rings (SSSR count). The number of nitrogens with zero attached hydrogens (tertiary/aromatic N) is 3. The Hall–Kier alpha value is -2.97. The minimum atomic E-state index is -0.879. The van der Waals surface area contributed by atoms with Gasteiger partial charge in [0.2, 0.25) is 5.82 Å². The Kier molecular flexibility index (Phi) is 5.68. The number of carbonyl (C=O) groups is 2. The van der Waals surface area contributed by atoms with E-state index < -0.39 is 23.7 Å². The molecule has 1 N–H and O–H groups in total. The number of ether oxygens (including phenoxy) is 2. The molecule has 25 heavy (non-hydrogen) atoms. The van der Waals surface area contributed by atoms with Crippen LogP contribution in [0.4, 0.5) is 4.79 Å². The van der Waals surface area contributed by atoms with Gasteiger partial charge in [-0.25, -0.2) is 9.59 Å². The Morgan fingerprint density at radius 1 is 1.36 bits per heavy atom. The van der Waals surface area contributed by atoms with E-state index in [0.717, 1.165) is 0 Å².